The number of methoxy groups -OCH3 is 1. The number of rotatable bonds is 7. The zero-order valence-corrected chi connectivity index (χ0v) is 11.5. The highest BCUT2D eigenvalue weighted by Gasteiger charge is 2.23. The van der Waals surface area contributed by atoms with Crippen molar-refractivity contribution in [3.05, 3.63) is 28.2 Å². The molecule has 1 atom stereocenters. The average Bonchev–Trinajstić information content (AvgIpc) is 2.35. The number of hydrogen-bond donors (Lipinski definition) is 2. The number of carboxylic acid groups (broad SMARTS) is 1. The molecule has 1 rings (SSSR count). The van der Waals surface area contributed by atoms with Crippen molar-refractivity contribution in [1.29, 1.82) is 0 Å². The summed E-state index contributed by atoms with van der Waals surface area (Å²) < 4.78 is 11.0. The van der Waals surface area contributed by atoms with E-state index in [1.165, 1.54) is 7.11 Å². The molecule has 0 radical (unpaired) electrons. The Kier molecular flexibility index (Phi) is 6.11. The van der Waals surface area contributed by atoms with Crippen molar-refractivity contribution in [2.24, 2.45) is 0 Å². The van der Waals surface area contributed by atoms with Crippen LogP contribution in [0, 0.1) is 0 Å². The molecule has 0 saturated carbocycles. The molecule has 0 aliphatic carbocycles. The van der Waals surface area contributed by atoms with Crippen molar-refractivity contribution in [1.82, 2.24) is 0 Å². The largest absolute Gasteiger partial charge is 0.497 e. The summed E-state index contributed by atoms with van der Waals surface area (Å²) in [6.07, 6.45) is -0.688. The molecule has 6 heteroatoms. The lowest BCUT2D eigenvalue weighted by atomic mass is 10.1. The summed E-state index contributed by atoms with van der Waals surface area (Å²) in [6, 6.07) is 5.04. The quantitative estimate of drug-likeness (QED) is 0.752. The van der Waals surface area contributed by atoms with Crippen molar-refractivity contribution >= 4 is 21.9 Å². The van der Waals surface area contributed by atoms with Gasteiger partial charge in [-0.1, -0.05) is 15.9 Å². The Morgan fingerprint density at radius 2 is 2.22 bits per heavy atom. The predicted molar refractivity (Wildman–Crippen MR) is 68.7 cm³/mol. The molecule has 0 fully saturated rings. The van der Waals surface area contributed by atoms with Gasteiger partial charge in [-0.3, -0.25) is 0 Å². The van der Waals surface area contributed by atoms with Crippen LogP contribution in [0.2, 0.25) is 0 Å². The monoisotopic (exact) mass is 318 g/mol. The van der Waals surface area contributed by atoms with E-state index in [1.807, 2.05) is 0 Å². The molecule has 0 aliphatic heterocycles. The molecule has 0 heterocycles. The summed E-state index contributed by atoms with van der Waals surface area (Å²) in [5.41, 5.74) is 0.486. The van der Waals surface area contributed by atoms with E-state index in [0.29, 0.717) is 22.2 Å². The lowest BCUT2D eigenvalue weighted by Gasteiger charge is -2.16. The van der Waals surface area contributed by atoms with Gasteiger partial charge in [0.05, 0.1) is 13.7 Å². The second-order valence-electron chi connectivity index (χ2n) is 3.55. The van der Waals surface area contributed by atoms with E-state index in [-0.39, 0.29) is 13.2 Å². The Morgan fingerprint density at radius 1 is 1.50 bits per heavy atom. The van der Waals surface area contributed by atoms with E-state index in [4.69, 9.17) is 19.7 Å². The normalized spacial score (nSPS) is 12.2. The topological polar surface area (TPSA) is 76.0 Å². The Hall–Kier alpha value is -1.11. The fraction of sp³-hybridized carbons (Fsp3) is 0.417. The van der Waals surface area contributed by atoms with Gasteiger partial charge in [0, 0.05) is 16.6 Å². The number of halogens is 1. The van der Waals surface area contributed by atoms with Gasteiger partial charge in [0.1, 0.15) is 5.75 Å². The molecule has 0 aliphatic rings. The maximum Gasteiger partial charge on any atom is 0.337 e. The highest BCUT2D eigenvalue weighted by molar-refractivity contribution is 9.10. The Balaban J connectivity index is 2.93. The molecule has 100 valence electrons. The van der Waals surface area contributed by atoms with Crippen molar-refractivity contribution in [3.8, 4) is 5.75 Å². The molecule has 5 nitrogen and oxygen atoms in total. The van der Waals surface area contributed by atoms with Crippen molar-refractivity contribution in [2.75, 3.05) is 20.3 Å². The molecule has 1 unspecified atom stereocenters. The minimum Gasteiger partial charge on any atom is -0.497 e. The molecule has 0 saturated heterocycles. The first-order chi connectivity index (χ1) is 8.60. The number of carboxylic acids is 1. The number of benzene rings is 1. The molecular formula is C12H15BrO5. The van der Waals surface area contributed by atoms with E-state index in [0.717, 1.165) is 0 Å². The second-order valence-corrected chi connectivity index (χ2v) is 4.41. The standard InChI is InChI=1S/C12H15BrO5/c1-17-8-3-4-10(13)9(7-8)11(12(15)16)18-6-2-5-14/h3-4,7,11,14H,2,5-6H2,1H3,(H,15,16). The zero-order chi connectivity index (χ0) is 13.5. The third-order valence-corrected chi connectivity index (χ3v) is 3.02. The minimum absolute atomic E-state index is 0.0361. The number of ether oxygens (including phenoxy) is 2. The Bertz CT molecular complexity index is 407. The maximum atomic E-state index is 11.2. The van der Waals surface area contributed by atoms with Crippen LogP contribution in [-0.4, -0.2) is 36.5 Å². The number of aliphatic hydroxyl groups is 1. The van der Waals surface area contributed by atoms with E-state index in [2.05, 4.69) is 15.9 Å². The molecule has 0 amide bonds. The average molecular weight is 319 g/mol. The van der Waals surface area contributed by atoms with Crippen LogP contribution in [-0.2, 0) is 9.53 Å². The van der Waals surface area contributed by atoms with E-state index < -0.39 is 12.1 Å². The first-order valence-corrected chi connectivity index (χ1v) is 6.18. The van der Waals surface area contributed by atoms with Crippen LogP contribution in [0.1, 0.15) is 18.1 Å². The van der Waals surface area contributed by atoms with E-state index >= 15 is 0 Å². The van der Waals surface area contributed by atoms with Crippen LogP contribution < -0.4 is 4.74 Å². The molecule has 0 spiro atoms. The summed E-state index contributed by atoms with van der Waals surface area (Å²) in [5, 5.41) is 17.8. The first kappa shape index (κ1) is 14.9. The van der Waals surface area contributed by atoms with E-state index in [1.54, 1.807) is 18.2 Å². The lowest BCUT2D eigenvalue weighted by molar-refractivity contribution is -0.151. The van der Waals surface area contributed by atoms with Gasteiger partial charge >= 0.3 is 5.97 Å². The molecule has 18 heavy (non-hydrogen) atoms. The number of aliphatic carboxylic acids is 1. The summed E-state index contributed by atoms with van der Waals surface area (Å²) in [6.45, 7) is 0.142. The highest BCUT2D eigenvalue weighted by atomic mass is 79.9. The maximum absolute atomic E-state index is 11.2. The van der Waals surface area contributed by atoms with Gasteiger partial charge in [0.25, 0.3) is 0 Å². The lowest BCUT2D eigenvalue weighted by Crippen LogP contribution is -2.17. The fourth-order valence-electron chi connectivity index (χ4n) is 1.41. The SMILES string of the molecule is COc1ccc(Br)c(C(OCCCO)C(=O)O)c1. The van der Waals surface area contributed by atoms with Gasteiger partial charge in [-0.05, 0) is 24.6 Å². The first-order valence-electron chi connectivity index (χ1n) is 5.39. The third-order valence-electron chi connectivity index (χ3n) is 2.30. The third kappa shape index (κ3) is 3.97. The van der Waals surface area contributed by atoms with Gasteiger partial charge in [-0.2, -0.15) is 0 Å². The summed E-state index contributed by atoms with van der Waals surface area (Å²) >= 11 is 3.29. The van der Waals surface area contributed by atoms with Crippen molar-refractivity contribution < 1.29 is 24.5 Å². The van der Waals surface area contributed by atoms with Crippen LogP contribution in [0.3, 0.4) is 0 Å². The van der Waals surface area contributed by atoms with Gasteiger partial charge in [0.15, 0.2) is 6.10 Å². The zero-order valence-electron chi connectivity index (χ0n) is 9.93. The predicted octanol–water partition coefficient (Wildman–Crippen LogP) is 1.98. The fourth-order valence-corrected chi connectivity index (χ4v) is 1.86. The minimum atomic E-state index is -1.08. The molecule has 0 bridgehead atoms. The van der Waals surface area contributed by atoms with Gasteiger partial charge < -0.3 is 19.7 Å². The van der Waals surface area contributed by atoms with Crippen LogP contribution in [0.15, 0.2) is 22.7 Å². The van der Waals surface area contributed by atoms with Gasteiger partial charge in [-0.25, -0.2) is 4.79 Å². The number of carbonyl (C=O) groups is 1. The molecule has 1 aromatic carbocycles. The van der Waals surface area contributed by atoms with Crippen molar-refractivity contribution in [2.45, 2.75) is 12.5 Å². The molecule has 0 aromatic heterocycles. The van der Waals surface area contributed by atoms with Gasteiger partial charge in [-0.15, -0.1) is 0 Å². The van der Waals surface area contributed by atoms with Crippen molar-refractivity contribution in [3.63, 3.8) is 0 Å². The summed E-state index contributed by atoms with van der Waals surface area (Å²) in [5.74, 6) is -0.521. The Labute approximate surface area is 113 Å². The van der Waals surface area contributed by atoms with E-state index in [9.17, 15) is 4.79 Å². The molecule has 1 aromatic rings. The highest BCUT2D eigenvalue weighted by Crippen LogP contribution is 2.30. The van der Waals surface area contributed by atoms with Crippen LogP contribution in [0.5, 0.6) is 5.75 Å². The molecular weight excluding hydrogens is 304 g/mol. The second kappa shape index (κ2) is 7.35. The molecule has 2 N–H and O–H groups in total. The van der Waals surface area contributed by atoms with Gasteiger partial charge in [0.2, 0.25) is 0 Å². The number of hydrogen-bond acceptors (Lipinski definition) is 4. The summed E-state index contributed by atoms with van der Waals surface area (Å²) in [4.78, 5) is 11.2. The number of aliphatic hydroxyl groups excluding tert-OH is 1. The Morgan fingerprint density at radius 3 is 2.78 bits per heavy atom. The van der Waals surface area contributed by atoms with Crippen LogP contribution in [0.4, 0.5) is 0 Å². The van der Waals surface area contributed by atoms with Crippen LogP contribution in [0.25, 0.3) is 0 Å². The summed E-state index contributed by atoms with van der Waals surface area (Å²) in [7, 11) is 1.51. The van der Waals surface area contributed by atoms with Crippen LogP contribution >= 0.6 is 15.9 Å². The smallest absolute Gasteiger partial charge is 0.337 e.